The second kappa shape index (κ2) is 6.70. The van der Waals surface area contributed by atoms with Gasteiger partial charge >= 0.3 is 0 Å². The van der Waals surface area contributed by atoms with Gasteiger partial charge in [-0.3, -0.25) is 0 Å². The predicted molar refractivity (Wildman–Crippen MR) is 79.2 cm³/mol. The number of fused-ring (bicyclic) bond motifs is 1. The van der Waals surface area contributed by atoms with E-state index >= 15 is 0 Å². The van der Waals surface area contributed by atoms with E-state index in [4.69, 9.17) is 10.5 Å². The van der Waals surface area contributed by atoms with Crippen LogP contribution in [0.1, 0.15) is 31.7 Å². The molecule has 0 spiro atoms. The summed E-state index contributed by atoms with van der Waals surface area (Å²) < 4.78 is 21.0. The first-order chi connectivity index (χ1) is 9.63. The molecule has 20 heavy (non-hydrogen) atoms. The van der Waals surface area contributed by atoms with Crippen LogP contribution in [0.15, 0.2) is 12.1 Å². The highest BCUT2D eigenvalue weighted by Crippen LogP contribution is 2.21. The molecule has 0 saturated carbocycles. The summed E-state index contributed by atoms with van der Waals surface area (Å²) >= 11 is 0. The lowest BCUT2D eigenvalue weighted by atomic mass is 10.2. The second-order valence-electron chi connectivity index (χ2n) is 5.03. The third kappa shape index (κ3) is 3.28. The van der Waals surface area contributed by atoms with Gasteiger partial charge in [0.15, 0.2) is 0 Å². The average molecular weight is 279 g/mol. The van der Waals surface area contributed by atoms with E-state index in [0.717, 1.165) is 37.9 Å². The fourth-order valence-electron chi connectivity index (χ4n) is 2.18. The summed E-state index contributed by atoms with van der Waals surface area (Å²) in [7, 11) is 0. The van der Waals surface area contributed by atoms with E-state index in [9.17, 15) is 4.39 Å². The highest BCUT2D eigenvalue weighted by Gasteiger charge is 2.10. The molecule has 4 nitrogen and oxygen atoms in total. The van der Waals surface area contributed by atoms with Crippen LogP contribution in [0.3, 0.4) is 0 Å². The third-order valence-electron chi connectivity index (χ3n) is 3.37. The maximum atomic E-state index is 13.5. The largest absolute Gasteiger partial charge is 0.381 e. The fraction of sp³-hybridized carbons (Fsp3) is 0.533. The molecule has 2 aromatic rings. The van der Waals surface area contributed by atoms with Gasteiger partial charge in [0, 0.05) is 25.8 Å². The van der Waals surface area contributed by atoms with E-state index in [2.05, 4.69) is 11.9 Å². The Kier molecular flexibility index (Phi) is 4.95. The molecule has 110 valence electrons. The van der Waals surface area contributed by atoms with Crippen molar-refractivity contribution in [1.82, 2.24) is 9.55 Å². The van der Waals surface area contributed by atoms with Crippen molar-refractivity contribution in [2.24, 2.45) is 0 Å². The molecule has 0 bridgehead atoms. The van der Waals surface area contributed by atoms with Crippen LogP contribution in [-0.2, 0) is 11.3 Å². The first-order valence-corrected chi connectivity index (χ1v) is 7.13. The Hall–Kier alpha value is -1.62. The SMILES string of the molecule is CCCCOCCCn1c(N)nc2cc(F)c(C)cc21. The number of hydrogen-bond donors (Lipinski definition) is 1. The Morgan fingerprint density at radius 3 is 2.80 bits per heavy atom. The molecule has 0 aliphatic carbocycles. The van der Waals surface area contributed by atoms with Crippen LogP contribution in [0.4, 0.5) is 10.3 Å². The molecule has 0 amide bonds. The van der Waals surface area contributed by atoms with Gasteiger partial charge in [-0.15, -0.1) is 0 Å². The minimum absolute atomic E-state index is 0.245. The van der Waals surface area contributed by atoms with E-state index in [1.54, 1.807) is 13.0 Å². The molecule has 1 aromatic heterocycles. The van der Waals surface area contributed by atoms with Crippen molar-refractivity contribution in [2.45, 2.75) is 39.7 Å². The number of aryl methyl sites for hydroxylation is 2. The second-order valence-corrected chi connectivity index (χ2v) is 5.03. The van der Waals surface area contributed by atoms with Gasteiger partial charge < -0.3 is 15.0 Å². The zero-order valence-corrected chi connectivity index (χ0v) is 12.2. The van der Waals surface area contributed by atoms with Crippen LogP contribution in [0.25, 0.3) is 11.0 Å². The van der Waals surface area contributed by atoms with Gasteiger partial charge in [-0.1, -0.05) is 13.3 Å². The van der Waals surface area contributed by atoms with Crippen LogP contribution in [0.2, 0.25) is 0 Å². The number of nitrogens with two attached hydrogens (primary N) is 1. The summed E-state index contributed by atoms with van der Waals surface area (Å²) in [5, 5.41) is 0. The van der Waals surface area contributed by atoms with Crippen LogP contribution in [0.5, 0.6) is 0 Å². The Labute approximate surface area is 118 Å². The zero-order chi connectivity index (χ0) is 14.5. The maximum absolute atomic E-state index is 13.5. The van der Waals surface area contributed by atoms with Crippen LogP contribution in [-0.4, -0.2) is 22.8 Å². The molecule has 2 N–H and O–H groups in total. The van der Waals surface area contributed by atoms with Gasteiger partial charge in [0.1, 0.15) is 5.82 Å². The van der Waals surface area contributed by atoms with Gasteiger partial charge in [0.25, 0.3) is 0 Å². The van der Waals surface area contributed by atoms with Crippen molar-refractivity contribution in [2.75, 3.05) is 18.9 Å². The Morgan fingerprint density at radius 2 is 2.05 bits per heavy atom. The van der Waals surface area contributed by atoms with Gasteiger partial charge in [-0.2, -0.15) is 0 Å². The monoisotopic (exact) mass is 279 g/mol. The zero-order valence-electron chi connectivity index (χ0n) is 12.2. The van der Waals surface area contributed by atoms with E-state index < -0.39 is 0 Å². The third-order valence-corrected chi connectivity index (χ3v) is 3.37. The predicted octanol–water partition coefficient (Wildman–Crippen LogP) is 3.27. The minimum atomic E-state index is -0.245. The van der Waals surface area contributed by atoms with Crippen molar-refractivity contribution in [3.63, 3.8) is 0 Å². The van der Waals surface area contributed by atoms with Crippen molar-refractivity contribution >= 4 is 17.0 Å². The topological polar surface area (TPSA) is 53.1 Å². The van der Waals surface area contributed by atoms with Crippen molar-refractivity contribution in [3.8, 4) is 0 Å². The quantitative estimate of drug-likeness (QED) is 0.791. The van der Waals surface area contributed by atoms with Crippen molar-refractivity contribution in [1.29, 1.82) is 0 Å². The molecule has 2 rings (SSSR count). The van der Waals surface area contributed by atoms with Gasteiger partial charge in [-0.25, -0.2) is 9.37 Å². The van der Waals surface area contributed by atoms with E-state index in [-0.39, 0.29) is 5.82 Å². The molecule has 0 unspecified atom stereocenters. The number of nitrogen functional groups attached to an aromatic ring is 1. The number of rotatable bonds is 7. The average Bonchev–Trinajstić information content (AvgIpc) is 2.70. The Balaban J connectivity index is 2.02. The fourth-order valence-corrected chi connectivity index (χ4v) is 2.18. The molecule has 0 aliphatic rings. The lowest BCUT2D eigenvalue weighted by molar-refractivity contribution is 0.126. The number of halogens is 1. The summed E-state index contributed by atoms with van der Waals surface area (Å²) in [6.45, 7) is 6.14. The first kappa shape index (κ1) is 14.8. The van der Waals surface area contributed by atoms with Gasteiger partial charge in [0.05, 0.1) is 11.0 Å². The summed E-state index contributed by atoms with van der Waals surface area (Å²) in [5.74, 6) is 0.184. The molecule has 1 heterocycles. The molecular weight excluding hydrogens is 257 g/mol. The number of imidazole rings is 1. The number of anilines is 1. The molecular formula is C15H22FN3O. The lowest BCUT2D eigenvalue weighted by Crippen LogP contribution is -2.06. The summed E-state index contributed by atoms with van der Waals surface area (Å²) in [6, 6.07) is 3.24. The number of aromatic nitrogens is 2. The number of ether oxygens (including phenoxy) is 1. The van der Waals surface area contributed by atoms with Crippen LogP contribution in [0, 0.1) is 12.7 Å². The lowest BCUT2D eigenvalue weighted by Gasteiger charge is -2.07. The number of nitrogens with zero attached hydrogens (tertiary/aromatic N) is 2. The summed E-state index contributed by atoms with van der Waals surface area (Å²) in [6.07, 6.45) is 3.11. The highest BCUT2D eigenvalue weighted by molar-refractivity contribution is 5.79. The van der Waals surface area contributed by atoms with Crippen molar-refractivity contribution < 1.29 is 9.13 Å². The van der Waals surface area contributed by atoms with Gasteiger partial charge in [-0.05, 0) is 31.4 Å². The maximum Gasteiger partial charge on any atom is 0.201 e. The smallest absolute Gasteiger partial charge is 0.201 e. The number of benzene rings is 1. The number of unbranched alkanes of at least 4 members (excludes halogenated alkanes) is 1. The number of hydrogen-bond acceptors (Lipinski definition) is 3. The minimum Gasteiger partial charge on any atom is -0.381 e. The molecule has 5 heteroatoms. The first-order valence-electron chi connectivity index (χ1n) is 7.13. The molecule has 0 radical (unpaired) electrons. The molecule has 0 saturated heterocycles. The Morgan fingerprint density at radius 1 is 1.30 bits per heavy atom. The Bertz CT molecular complexity index is 580. The normalized spacial score (nSPS) is 11.3. The van der Waals surface area contributed by atoms with E-state index in [1.807, 2.05) is 4.57 Å². The summed E-state index contributed by atoms with van der Waals surface area (Å²) in [5.41, 5.74) is 8.01. The molecule has 1 aromatic carbocycles. The molecule has 0 aliphatic heterocycles. The van der Waals surface area contributed by atoms with Crippen molar-refractivity contribution in [3.05, 3.63) is 23.5 Å². The summed E-state index contributed by atoms with van der Waals surface area (Å²) in [4.78, 5) is 4.20. The van der Waals surface area contributed by atoms with Gasteiger partial charge in [0.2, 0.25) is 5.95 Å². The van der Waals surface area contributed by atoms with E-state index in [0.29, 0.717) is 23.6 Å². The molecule has 0 fully saturated rings. The molecule has 0 atom stereocenters. The van der Waals surface area contributed by atoms with E-state index in [1.165, 1.54) is 6.07 Å². The van der Waals surface area contributed by atoms with Crippen LogP contribution < -0.4 is 5.73 Å². The standard InChI is InChI=1S/C15H22FN3O/c1-3-4-7-20-8-5-6-19-14-9-11(2)12(16)10-13(14)18-15(19)17/h9-10H,3-8H2,1-2H3,(H2,17,18). The van der Waals surface area contributed by atoms with Crippen LogP contribution >= 0.6 is 0 Å². The highest BCUT2D eigenvalue weighted by atomic mass is 19.1.